The van der Waals surface area contributed by atoms with Gasteiger partial charge in [-0.3, -0.25) is 9.59 Å². The Bertz CT molecular complexity index is 1060. The molecule has 2 amide bonds. The Morgan fingerprint density at radius 3 is 2.52 bits per heavy atom. The summed E-state index contributed by atoms with van der Waals surface area (Å²) >= 11 is 0. The van der Waals surface area contributed by atoms with Gasteiger partial charge in [-0.1, -0.05) is 60.2 Å². The lowest BCUT2D eigenvalue weighted by Gasteiger charge is -2.31. The zero-order valence-corrected chi connectivity index (χ0v) is 16.4. The Kier molecular flexibility index (Phi) is 5.04. The van der Waals surface area contributed by atoms with Gasteiger partial charge in [-0.25, -0.2) is 0 Å². The summed E-state index contributed by atoms with van der Waals surface area (Å²) in [5.74, 6) is 0.0102. The molecule has 1 N–H and O–H groups in total. The van der Waals surface area contributed by atoms with Crippen molar-refractivity contribution < 1.29 is 14.3 Å². The zero-order chi connectivity index (χ0) is 20.4. The molecule has 1 heterocycles. The Labute approximate surface area is 169 Å². The summed E-state index contributed by atoms with van der Waals surface area (Å²) in [7, 11) is 1.54. The van der Waals surface area contributed by atoms with Gasteiger partial charge in [0, 0.05) is 11.3 Å². The molecule has 4 rings (SSSR count). The Morgan fingerprint density at radius 1 is 1.03 bits per heavy atom. The predicted octanol–water partition coefficient (Wildman–Crippen LogP) is 4.19. The van der Waals surface area contributed by atoms with Crippen LogP contribution in [0.2, 0.25) is 0 Å². The van der Waals surface area contributed by atoms with Crippen molar-refractivity contribution in [3.05, 3.63) is 95.1 Å². The van der Waals surface area contributed by atoms with Gasteiger partial charge in [0.05, 0.1) is 18.7 Å². The van der Waals surface area contributed by atoms with Crippen molar-refractivity contribution in [2.45, 2.75) is 13.0 Å². The predicted molar refractivity (Wildman–Crippen MR) is 112 cm³/mol. The second-order valence-corrected chi connectivity index (χ2v) is 7.09. The van der Waals surface area contributed by atoms with E-state index in [0.717, 1.165) is 22.4 Å². The van der Waals surface area contributed by atoms with Gasteiger partial charge in [0.2, 0.25) is 5.91 Å². The SMILES string of the molecule is COc1ccccc1C(=O)N1CC(=O)Nc2ccc(C)cc2[C@@H]1c1ccccc1. The minimum atomic E-state index is -0.400. The number of carbonyl (C=O) groups is 2. The molecule has 0 saturated carbocycles. The molecule has 3 aromatic carbocycles. The molecular weight excluding hydrogens is 364 g/mol. The Hall–Kier alpha value is -3.60. The first-order valence-corrected chi connectivity index (χ1v) is 9.48. The van der Waals surface area contributed by atoms with Crippen molar-refractivity contribution in [3.63, 3.8) is 0 Å². The molecule has 1 atom stereocenters. The van der Waals surface area contributed by atoms with E-state index in [-0.39, 0.29) is 18.4 Å². The second kappa shape index (κ2) is 7.80. The zero-order valence-electron chi connectivity index (χ0n) is 16.4. The number of anilines is 1. The van der Waals surface area contributed by atoms with Crippen LogP contribution in [0.3, 0.4) is 0 Å². The van der Waals surface area contributed by atoms with Crippen molar-refractivity contribution in [2.75, 3.05) is 19.0 Å². The number of hydrogen-bond donors (Lipinski definition) is 1. The smallest absolute Gasteiger partial charge is 0.258 e. The molecule has 146 valence electrons. The number of nitrogens with one attached hydrogen (secondary N) is 1. The molecule has 0 bridgehead atoms. The topological polar surface area (TPSA) is 58.6 Å². The van der Waals surface area contributed by atoms with Crippen molar-refractivity contribution in [1.82, 2.24) is 4.90 Å². The van der Waals surface area contributed by atoms with E-state index in [9.17, 15) is 9.59 Å². The van der Waals surface area contributed by atoms with Crippen LogP contribution >= 0.6 is 0 Å². The van der Waals surface area contributed by atoms with Gasteiger partial charge < -0.3 is 15.0 Å². The highest BCUT2D eigenvalue weighted by molar-refractivity contribution is 6.02. The first-order chi connectivity index (χ1) is 14.1. The summed E-state index contributed by atoms with van der Waals surface area (Å²) in [6.45, 7) is 1.95. The van der Waals surface area contributed by atoms with E-state index in [4.69, 9.17) is 4.74 Å². The summed E-state index contributed by atoms with van der Waals surface area (Å²) < 4.78 is 5.40. The summed E-state index contributed by atoms with van der Waals surface area (Å²) in [4.78, 5) is 27.9. The number of methoxy groups -OCH3 is 1. The van der Waals surface area contributed by atoms with E-state index < -0.39 is 6.04 Å². The Balaban J connectivity index is 1.90. The van der Waals surface area contributed by atoms with Crippen molar-refractivity contribution in [1.29, 1.82) is 0 Å². The first-order valence-electron chi connectivity index (χ1n) is 9.48. The largest absolute Gasteiger partial charge is 0.496 e. The van der Waals surface area contributed by atoms with Crippen LogP contribution in [0.5, 0.6) is 5.75 Å². The van der Waals surface area contributed by atoms with Gasteiger partial charge in [0.25, 0.3) is 5.91 Å². The van der Waals surface area contributed by atoms with Crippen LogP contribution in [0.4, 0.5) is 5.69 Å². The summed E-state index contributed by atoms with van der Waals surface area (Å²) in [5.41, 5.74) is 4.06. The fourth-order valence-electron chi connectivity index (χ4n) is 3.79. The quantitative estimate of drug-likeness (QED) is 0.734. The molecule has 0 aliphatic carbocycles. The number of ether oxygens (including phenoxy) is 1. The Morgan fingerprint density at radius 2 is 1.76 bits per heavy atom. The van der Waals surface area contributed by atoms with E-state index in [1.807, 2.05) is 61.5 Å². The maximum absolute atomic E-state index is 13.6. The van der Waals surface area contributed by atoms with Crippen LogP contribution in [-0.4, -0.2) is 30.4 Å². The summed E-state index contributed by atoms with van der Waals surface area (Å²) in [6, 6.07) is 22.4. The van der Waals surface area contributed by atoms with Crippen LogP contribution in [0.15, 0.2) is 72.8 Å². The van der Waals surface area contributed by atoms with Crippen molar-refractivity contribution >= 4 is 17.5 Å². The number of amides is 2. The van der Waals surface area contributed by atoms with Gasteiger partial charge in [0.1, 0.15) is 12.3 Å². The molecule has 0 saturated heterocycles. The highest BCUT2D eigenvalue weighted by atomic mass is 16.5. The standard InChI is InChI=1S/C24H22N2O3/c1-16-12-13-20-19(14-16)23(17-8-4-3-5-9-17)26(15-22(27)25-20)24(28)18-10-6-7-11-21(18)29-2/h3-14,23H,15H2,1-2H3,(H,25,27)/t23-/m0/s1. The molecule has 0 radical (unpaired) electrons. The number of hydrogen-bond acceptors (Lipinski definition) is 3. The van der Waals surface area contributed by atoms with E-state index >= 15 is 0 Å². The van der Waals surface area contributed by atoms with E-state index in [2.05, 4.69) is 5.32 Å². The third-order valence-electron chi connectivity index (χ3n) is 5.11. The first kappa shape index (κ1) is 18.7. The molecule has 29 heavy (non-hydrogen) atoms. The van der Waals surface area contributed by atoms with Gasteiger partial charge in [-0.15, -0.1) is 0 Å². The third-order valence-corrected chi connectivity index (χ3v) is 5.11. The average molecular weight is 386 g/mol. The monoisotopic (exact) mass is 386 g/mol. The molecule has 0 aromatic heterocycles. The van der Waals surface area contributed by atoms with Crippen LogP contribution in [-0.2, 0) is 4.79 Å². The normalized spacial score (nSPS) is 15.9. The molecule has 1 aliphatic rings. The fourth-order valence-corrected chi connectivity index (χ4v) is 3.79. The third kappa shape index (κ3) is 3.59. The second-order valence-electron chi connectivity index (χ2n) is 7.09. The molecule has 0 fully saturated rings. The van der Waals surface area contributed by atoms with E-state index in [0.29, 0.717) is 11.3 Å². The lowest BCUT2D eigenvalue weighted by atomic mass is 9.94. The molecular formula is C24H22N2O3. The molecule has 0 unspecified atom stereocenters. The average Bonchev–Trinajstić information content (AvgIpc) is 2.89. The molecule has 1 aliphatic heterocycles. The van der Waals surface area contributed by atoms with Gasteiger partial charge >= 0.3 is 0 Å². The highest BCUT2D eigenvalue weighted by Gasteiger charge is 2.34. The number of benzene rings is 3. The lowest BCUT2D eigenvalue weighted by molar-refractivity contribution is -0.117. The van der Waals surface area contributed by atoms with Crippen LogP contribution in [0.25, 0.3) is 0 Å². The number of aryl methyl sites for hydroxylation is 1. The molecule has 3 aromatic rings. The van der Waals surface area contributed by atoms with Gasteiger partial charge in [-0.05, 0) is 30.7 Å². The minimum Gasteiger partial charge on any atom is -0.496 e. The maximum atomic E-state index is 13.6. The summed E-state index contributed by atoms with van der Waals surface area (Å²) in [6.07, 6.45) is 0. The van der Waals surface area contributed by atoms with Crippen molar-refractivity contribution in [2.24, 2.45) is 0 Å². The number of rotatable bonds is 3. The lowest BCUT2D eigenvalue weighted by Crippen LogP contribution is -2.39. The van der Waals surface area contributed by atoms with E-state index in [1.54, 1.807) is 23.1 Å². The highest BCUT2D eigenvalue weighted by Crippen LogP contribution is 2.37. The molecule has 0 spiro atoms. The minimum absolute atomic E-state index is 0.0514. The number of carbonyl (C=O) groups excluding carboxylic acids is 2. The summed E-state index contributed by atoms with van der Waals surface area (Å²) in [5, 5.41) is 2.95. The molecule has 5 heteroatoms. The van der Waals surface area contributed by atoms with Crippen LogP contribution in [0.1, 0.15) is 33.1 Å². The van der Waals surface area contributed by atoms with Gasteiger partial charge in [-0.2, -0.15) is 0 Å². The van der Waals surface area contributed by atoms with E-state index in [1.165, 1.54) is 7.11 Å². The van der Waals surface area contributed by atoms with Gasteiger partial charge in [0.15, 0.2) is 0 Å². The van der Waals surface area contributed by atoms with Crippen LogP contribution in [0, 0.1) is 6.92 Å². The van der Waals surface area contributed by atoms with Crippen LogP contribution < -0.4 is 10.1 Å². The van der Waals surface area contributed by atoms with Crippen molar-refractivity contribution in [3.8, 4) is 5.75 Å². The number of nitrogens with zero attached hydrogens (tertiary/aromatic N) is 1. The number of fused-ring (bicyclic) bond motifs is 1. The fraction of sp³-hybridized carbons (Fsp3) is 0.167. The number of para-hydroxylation sites is 1. The molecule has 5 nitrogen and oxygen atoms in total. The maximum Gasteiger partial charge on any atom is 0.258 e.